The van der Waals surface area contributed by atoms with Gasteiger partial charge in [0.05, 0.1) is 10.0 Å². The highest BCUT2D eigenvalue weighted by atomic mass is 79.9. The van der Waals surface area contributed by atoms with Gasteiger partial charge in [-0.3, -0.25) is 4.79 Å². The molecule has 18 heavy (non-hydrogen) atoms. The quantitative estimate of drug-likeness (QED) is 0.775. The minimum atomic E-state index is -0.464. The molecule has 0 aromatic heterocycles. The molecule has 4 heteroatoms. The summed E-state index contributed by atoms with van der Waals surface area (Å²) in [6.07, 6.45) is 3.08. The van der Waals surface area contributed by atoms with Gasteiger partial charge >= 0.3 is 0 Å². The molecule has 1 rings (SSSR count). The lowest BCUT2D eigenvalue weighted by Crippen LogP contribution is -2.11. The molecule has 1 aromatic carbocycles. The monoisotopic (exact) mass is 315 g/mol. The highest BCUT2D eigenvalue weighted by Crippen LogP contribution is 2.22. The van der Waals surface area contributed by atoms with Crippen LogP contribution in [-0.4, -0.2) is 12.3 Å². The lowest BCUT2D eigenvalue weighted by Gasteiger charge is -2.13. The summed E-state index contributed by atoms with van der Waals surface area (Å²) in [5, 5.41) is 0. The van der Waals surface area contributed by atoms with Gasteiger partial charge in [0.1, 0.15) is 5.82 Å². The predicted molar refractivity (Wildman–Crippen MR) is 75.1 cm³/mol. The van der Waals surface area contributed by atoms with Crippen molar-refractivity contribution < 1.29 is 9.18 Å². The molecule has 0 aliphatic rings. The fourth-order valence-electron chi connectivity index (χ4n) is 1.98. The van der Waals surface area contributed by atoms with Crippen molar-refractivity contribution in [3.8, 4) is 0 Å². The zero-order chi connectivity index (χ0) is 13.5. The van der Waals surface area contributed by atoms with Gasteiger partial charge in [-0.05, 0) is 53.4 Å². The van der Waals surface area contributed by atoms with E-state index in [1.807, 2.05) is 0 Å². The van der Waals surface area contributed by atoms with Gasteiger partial charge in [-0.25, -0.2) is 4.39 Å². The van der Waals surface area contributed by atoms with Crippen LogP contribution in [0.2, 0.25) is 0 Å². The lowest BCUT2D eigenvalue weighted by atomic mass is 9.94. The van der Waals surface area contributed by atoms with Crippen molar-refractivity contribution in [3.05, 3.63) is 34.1 Å². The first-order chi connectivity index (χ1) is 8.60. The third-order valence-corrected chi connectivity index (χ3v) is 3.80. The average molecular weight is 316 g/mol. The van der Waals surface area contributed by atoms with Gasteiger partial charge in [-0.15, -0.1) is 0 Å². The smallest absolute Gasteiger partial charge is 0.165 e. The standard InChI is InChI=1S/C14H19BrFNO/c1-2-10(8-9-17)6-7-13(18)11-4-3-5-12(15)14(11)16/h3-5,10H,2,6-9,17H2,1H3. The van der Waals surface area contributed by atoms with Crippen molar-refractivity contribution in [1.29, 1.82) is 0 Å². The van der Waals surface area contributed by atoms with Crippen LogP contribution in [0.1, 0.15) is 43.0 Å². The molecule has 0 saturated heterocycles. The maximum Gasteiger partial charge on any atom is 0.165 e. The van der Waals surface area contributed by atoms with Gasteiger partial charge in [-0.2, -0.15) is 0 Å². The Morgan fingerprint density at radius 1 is 1.44 bits per heavy atom. The van der Waals surface area contributed by atoms with Crippen LogP contribution in [0.3, 0.4) is 0 Å². The number of hydrogen-bond donors (Lipinski definition) is 1. The number of Topliss-reactive ketones (excluding diaryl/α,β-unsaturated/α-hetero) is 1. The topological polar surface area (TPSA) is 43.1 Å². The molecule has 0 amide bonds. The van der Waals surface area contributed by atoms with E-state index in [1.54, 1.807) is 12.1 Å². The van der Waals surface area contributed by atoms with Gasteiger partial charge in [-0.1, -0.05) is 19.4 Å². The molecule has 1 aromatic rings. The Labute approximate surface area is 116 Å². The zero-order valence-corrected chi connectivity index (χ0v) is 12.2. The third kappa shape index (κ3) is 4.18. The number of hydrogen-bond acceptors (Lipinski definition) is 2. The second kappa shape index (κ2) is 7.64. The molecular formula is C14H19BrFNO. The maximum absolute atomic E-state index is 13.7. The van der Waals surface area contributed by atoms with Crippen LogP contribution >= 0.6 is 15.9 Å². The first kappa shape index (κ1) is 15.3. The van der Waals surface area contributed by atoms with Crippen LogP contribution in [0.15, 0.2) is 22.7 Å². The minimum Gasteiger partial charge on any atom is -0.330 e. The molecule has 2 N–H and O–H groups in total. The fourth-order valence-corrected chi connectivity index (χ4v) is 2.34. The van der Waals surface area contributed by atoms with Crippen molar-refractivity contribution in [2.75, 3.05) is 6.54 Å². The minimum absolute atomic E-state index is 0.135. The first-order valence-corrected chi connectivity index (χ1v) is 7.06. The second-order valence-corrected chi connectivity index (χ2v) is 5.27. The molecule has 0 saturated carbocycles. The maximum atomic E-state index is 13.7. The van der Waals surface area contributed by atoms with E-state index < -0.39 is 5.82 Å². The van der Waals surface area contributed by atoms with Crippen molar-refractivity contribution in [2.45, 2.75) is 32.6 Å². The Kier molecular flexibility index (Phi) is 6.50. The number of halogens is 2. The highest BCUT2D eigenvalue weighted by Gasteiger charge is 2.15. The highest BCUT2D eigenvalue weighted by molar-refractivity contribution is 9.10. The number of nitrogens with two attached hydrogens (primary N) is 1. The molecule has 0 radical (unpaired) electrons. The summed E-state index contributed by atoms with van der Waals surface area (Å²) in [6, 6.07) is 4.80. The molecule has 2 nitrogen and oxygen atoms in total. The summed E-state index contributed by atoms with van der Waals surface area (Å²) in [6.45, 7) is 2.72. The lowest BCUT2D eigenvalue weighted by molar-refractivity contribution is 0.0968. The van der Waals surface area contributed by atoms with E-state index in [0.717, 1.165) is 19.3 Å². The molecular weight excluding hydrogens is 297 g/mol. The molecule has 0 aliphatic carbocycles. The number of carbonyl (C=O) groups is 1. The number of carbonyl (C=O) groups excluding carboxylic acids is 1. The largest absolute Gasteiger partial charge is 0.330 e. The molecule has 1 unspecified atom stereocenters. The normalized spacial score (nSPS) is 12.4. The van der Waals surface area contributed by atoms with Crippen molar-refractivity contribution in [2.24, 2.45) is 11.7 Å². The van der Waals surface area contributed by atoms with Crippen LogP contribution in [0.25, 0.3) is 0 Å². The summed E-state index contributed by atoms with van der Waals surface area (Å²) >= 11 is 3.09. The predicted octanol–water partition coefficient (Wildman–Crippen LogP) is 3.93. The molecule has 1 atom stereocenters. The molecule has 0 fully saturated rings. The molecule has 0 heterocycles. The summed E-state index contributed by atoms with van der Waals surface area (Å²) in [5.74, 6) is -0.146. The average Bonchev–Trinajstić information content (AvgIpc) is 2.37. The molecule has 0 bridgehead atoms. The van der Waals surface area contributed by atoms with E-state index in [2.05, 4.69) is 22.9 Å². The summed E-state index contributed by atoms with van der Waals surface area (Å²) in [5.41, 5.74) is 5.69. The van der Waals surface area contributed by atoms with E-state index in [4.69, 9.17) is 5.73 Å². The summed E-state index contributed by atoms with van der Waals surface area (Å²) in [4.78, 5) is 12.0. The number of ketones is 1. The van der Waals surface area contributed by atoms with Crippen molar-refractivity contribution in [3.63, 3.8) is 0 Å². The Morgan fingerprint density at radius 2 is 2.17 bits per heavy atom. The fraction of sp³-hybridized carbons (Fsp3) is 0.500. The van der Waals surface area contributed by atoms with Crippen molar-refractivity contribution >= 4 is 21.7 Å². The molecule has 0 spiro atoms. The van der Waals surface area contributed by atoms with E-state index >= 15 is 0 Å². The van der Waals surface area contributed by atoms with E-state index in [-0.39, 0.29) is 11.3 Å². The van der Waals surface area contributed by atoms with E-state index in [1.165, 1.54) is 6.07 Å². The Hall–Kier alpha value is -0.740. The summed E-state index contributed by atoms with van der Waals surface area (Å²) in [7, 11) is 0. The Bertz CT molecular complexity index is 409. The first-order valence-electron chi connectivity index (χ1n) is 6.27. The van der Waals surface area contributed by atoms with Crippen LogP contribution < -0.4 is 5.73 Å². The number of rotatable bonds is 7. The summed E-state index contributed by atoms with van der Waals surface area (Å²) < 4.78 is 14.1. The van der Waals surface area contributed by atoms with Crippen LogP contribution in [0.4, 0.5) is 4.39 Å². The van der Waals surface area contributed by atoms with Crippen LogP contribution in [-0.2, 0) is 0 Å². The van der Waals surface area contributed by atoms with E-state index in [0.29, 0.717) is 23.4 Å². The van der Waals surface area contributed by atoms with Gasteiger partial charge in [0.2, 0.25) is 0 Å². The van der Waals surface area contributed by atoms with Gasteiger partial charge in [0, 0.05) is 6.42 Å². The van der Waals surface area contributed by atoms with Crippen LogP contribution in [0.5, 0.6) is 0 Å². The zero-order valence-electron chi connectivity index (χ0n) is 10.6. The van der Waals surface area contributed by atoms with Crippen molar-refractivity contribution in [1.82, 2.24) is 0 Å². The van der Waals surface area contributed by atoms with Crippen LogP contribution in [0, 0.1) is 11.7 Å². The van der Waals surface area contributed by atoms with Gasteiger partial charge in [0.25, 0.3) is 0 Å². The molecule has 0 aliphatic heterocycles. The Balaban J connectivity index is 2.62. The Morgan fingerprint density at radius 3 is 2.78 bits per heavy atom. The SMILES string of the molecule is CCC(CCN)CCC(=O)c1cccc(Br)c1F. The van der Waals surface area contributed by atoms with Gasteiger partial charge in [0.15, 0.2) is 5.78 Å². The third-order valence-electron chi connectivity index (χ3n) is 3.18. The van der Waals surface area contributed by atoms with Gasteiger partial charge < -0.3 is 5.73 Å². The second-order valence-electron chi connectivity index (χ2n) is 4.41. The molecule has 100 valence electrons. The van der Waals surface area contributed by atoms with E-state index in [9.17, 15) is 9.18 Å². The number of benzene rings is 1.